The van der Waals surface area contributed by atoms with Gasteiger partial charge in [0.25, 0.3) is 5.91 Å². The highest BCUT2D eigenvalue weighted by Crippen LogP contribution is 2.38. The Labute approximate surface area is 159 Å². The molecule has 4 rings (SSSR count). The normalized spacial score (nSPS) is 15.9. The number of benzene rings is 2. The fourth-order valence-electron chi connectivity index (χ4n) is 3.62. The molecular weight excluding hydrogens is 365 g/mol. The van der Waals surface area contributed by atoms with E-state index in [-0.39, 0.29) is 35.4 Å². The van der Waals surface area contributed by atoms with Crippen LogP contribution in [0.4, 0.5) is 4.39 Å². The van der Waals surface area contributed by atoms with Crippen LogP contribution in [0.5, 0.6) is 5.75 Å². The molecule has 28 heavy (non-hydrogen) atoms. The lowest BCUT2D eigenvalue weighted by Crippen LogP contribution is -2.32. The molecule has 0 aliphatic carbocycles. The Morgan fingerprint density at radius 2 is 2.04 bits per heavy atom. The molecule has 1 amide bonds. The van der Waals surface area contributed by atoms with Crippen LogP contribution in [0.3, 0.4) is 0 Å². The van der Waals surface area contributed by atoms with E-state index < -0.39 is 23.2 Å². The van der Waals surface area contributed by atoms with E-state index in [1.165, 1.54) is 17.0 Å². The van der Waals surface area contributed by atoms with Crippen molar-refractivity contribution in [2.45, 2.75) is 13.0 Å². The predicted molar refractivity (Wildman–Crippen MR) is 100 cm³/mol. The number of aliphatic hydroxyl groups is 1. The maximum Gasteiger partial charge on any atom is 0.290 e. The third kappa shape index (κ3) is 2.84. The molecule has 0 bridgehead atoms. The number of nitrogens with zero attached hydrogens (tertiary/aromatic N) is 1. The summed E-state index contributed by atoms with van der Waals surface area (Å²) in [4.78, 5) is 27.5. The zero-order valence-corrected chi connectivity index (χ0v) is 15.1. The van der Waals surface area contributed by atoms with Crippen LogP contribution in [0.15, 0.2) is 51.7 Å². The molecule has 0 saturated carbocycles. The van der Waals surface area contributed by atoms with Gasteiger partial charge in [0.2, 0.25) is 5.76 Å². The quantitative estimate of drug-likeness (QED) is 0.733. The number of carbonyl (C=O) groups is 1. The van der Waals surface area contributed by atoms with E-state index in [4.69, 9.17) is 9.15 Å². The molecular formula is C21H18FNO5. The second-order valence-corrected chi connectivity index (χ2v) is 6.44. The second-order valence-electron chi connectivity index (χ2n) is 6.44. The largest absolute Gasteiger partial charge is 0.494 e. The van der Waals surface area contributed by atoms with Gasteiger partial charge in [-0.05, 0) is 42.8 Å². The van der Waals surface area contributed by atoms with Gasteiger partial charge < -0.3 is 19.2 Å². The molecule has 1 aromatic heterocycles. The van der Waals surface area contributed by atoms with E-state index >= 15 is 0 Å². The highest BCUT2D eigenvalue weighted by Gasteiger charge is 2.42. The molecule has 1 N–H and O–H groups in total. The number of β-amino-alcohol motifs (C(OH)–C–C–N with tert-alkyl or cyclic N) is 1. The molecule has 2 heterocycles. The SMILES string of the molecule is CCOc1cccc([C@H]2c3c(oc4ccc(F)cc4c3=O)C(=O)N2CCO)c1. The maximum atomic E-state index is 13.7. The van der Waals surface area contributed by atoms with E-state index in [2.05, 4.69) is 0 Å². The first-order chi connectivity index (χ1) is 13.5. The van der Waals surface area contributed by atoms with Crippen molar-refractivity contribution < 1.29 is 23.4 Å². The summed E-state index contributed by atoms with van der Waals surface area (Å²) in [7, 11) is 0. The van der Waals surface area contributed by atoms with Crippen molar-refractivity contribution in [2.24, 2.45) is 0 Å². The molecule has 2 aromatic carbocycles. The summed E-state index contributed by atoms with van der Waals surface area (Å²) < 4.78 is 24.9. The minimum Gasteiger partial charge on any atom is -0.494 e. The van der Waals surface area contributed by atoms with E-state index in [9.17, 15) is 19.1 Å². The number of hydrogen-bond acceptors (Lipinski definition) is 5. The summed E-state index contributed by atoms with van der Waals surface area (Å²) >= 11 is 0. The molecule has 0 fully saturated rings. The molecule has 1 atom stereocenters. The zero-order chi connectivity index (χ0) is 19.8. The Kier molecular flexibility index (Phi) is 4.60. The lowest BCUT2D eigenvalue weighted by Gasteiger charge is -2.24. The first-order valence-electron chi connectivity index (χ1n) is 8.96. The average molecular weight is 383 g/mol. The molecule has 0 saturated heterocycles. The van der Waals surface area contributed by atoms with Crippen LogP contribution in [0.1, 0.15) is 34.6 Å². The lowest BCUT2D eigenvalue weighted by molar-refractivity contribution is 0.0691. The molecule has 3 aromatic rings. The predicted octanol–water partition coefficient (Wildman–Crippen LogP) is 2.87. The monoisotopic (exact) mass is 383 g/mol. The summed E-state index contributed by atoms with van der Waals surface area (Å²) in [6.07, 6.45) is 0. The Morgan fingerprint density at radius 3 is 2.79 bits per heavy atom. The van der Waals surface area contributed by atoms with E-state index in [1.54, 1.807) is 24.3 Å². The first kappa shape index (κ1) is 18.2. The standard InChI is InChI=1S/C21H18FNO5/c1-2-27-14-5-3-4-12(10-14)18-17-19(25)15-11-13(22)6-7-16(15)28-20(17)21(26)23(18)8-9-24/h3-7,10-11,18,24H,2,8-9H2,1H3/t18-/m0/s1. The van der Waals surface area contributed by atoms with Gasteiger partial charge in [-0.25, -0.2) is 4.39 Å². The Morgan fingerprint density at radius 1 is 1.21 bits per heavy atom. The highest BCUT2D eigenvalue weighted by atomic mass is 19.1. The third-order valence-electron chi connectivity index (χ3n) is 4.75. The molecule has 0 spiro atoms. The molecule has 6 nitrogen and oxygen atoms in total. The molecule has 0 unspecified atom stereocenters. The van der Waals surface area contributed by atoms with Gasteiger partial charge in [0.15, 0.2) is 5.43 Å². The van der Waals surface area contributed by atoms with Crippen LogP contribution in [-0.4, -0.2) is 35.7 Å². The van der Waals surface area contributed by atoms with Crippen LogP contribution in [0.25, 0.3) is 11.0 Å². The van der Waals surface area contributed by atoms with Gasteiger partial charge in [0.1, 0.15) is 17.1 Å². The highest BCUT2D eigenvalue weighted by molar-refractivity contribution is 5.99. The Bertz CT molecular complexity index is 1120. The van der Waals surface area contributed by atoms with Crippen LogP contribution in [-0.2, 0) is 0 Å². The van der Waals surface area contributed by atoms with Gasteiger partial charge in [-0.1, -0.05) is 12.1 Å². The summed E-state index contributed by atoms with van der Waals surface area (Å²) in [5.74, 6) is -0.532. The van der Waals surface area contributed by atoms with Crippen molar-refractivity contribution in [1.29, 1.82) is 0 Å². The van der Waals surface area contributed by atoms with Crippen LogP contribution < -0.4 is 10.2 Å². The van der Waals surface area contributed by atoms with Gasteiger partial charge in [0.05, 0.1) is 30.2 Å². The Hall–Kier alpha value is -3.19. The van der Waals surface area contributed by atoms with E-state index in [0.717, 1.165) is 6.07 Å². The van der Waals surface area contributed by atoms with Crippen molar-refractivity contribution in [3.8, 4) is 5.75 Å². The first-order valence-corrected chi connectivity index (χ1v) is 8.96. The number of amides is 1. The molecule has 1 aliphatic rings. The van der Waals surface area contributed by atoms with Crippen molar-refractivity contribution in [2.75, 3.05) is 19.8 Å². The molecule has 0 radical (unpaired) electrons. The van der Waals surface area contributed by atoms with E-state index in [1.807, 2.05) is 6.92 Å². The second kappa shape index (κ2) is 7.09. The summed E-state index contributed by atoms with van der Waals surface area (Å²) in [6, 6.07) is 9.92. The van der Waals surface area contributed by atoms with Gasteiger partial charge >= 0.3 is 0 Å². The molecule has 7 heteroatoms. The van der Waals surface area contributed by atoms with Crippen LogP contribution in [0.2, 0.25) is 0 Å². The van der Waals surface area contributed by atoms with Crippen molar-refractivity contribution >= 4 is 16.9 Å². The number of fused-ring (bicyclic) bond motifs is 2. The number of halogens is 1. The van der Waals surface area contributed by atoms with Crippen LogP contribution >= 0.6 is 0 Å². The van der Waals surface area contributed by atoms with Gasteiger partial charge in [-0.2, -0.15) is 0 Å². The fourth-order valence-corrected chi connectivity index (χ4v) is 3.62. The average Bonchev–Trinajstić information content (AvgIpc) is 2.96. The molecule has 144 valence electrons. The minimum absolute atomic E-state index is 0.0245. The topological polar surface area (TPSA) is 80.0 Å². The summed E-state index contributed by atoms with van der Waals surface area (Å²) in [5, 5.41) is 9.52. The number of rotatable bonds is 5. The smallest absolute Gasteiger partial charge is 0.290 e. The zero-order valence-electron chi connectivity index (χ0n) is 15.1. The number of carbonyl (C=O) groups excluding carboxylic acids is 1. The third-order valence-corrected chi connectivity index (χ3v) is 4.75. The van der Waals surface area contributed by atoms with Gasteiger partial charge in [-0.3, -0.25) is 9.59 Å². The van der Waals surface area contributed by atoms with Crippen molar-refractivity contribution in [3.63, 3.8) is 0 Å². The van der Waals surface area contributed by atoms with E-state index in [0.29, 0.717) is 17.9 Å². The minimum atomic E-state index is -0.751. The summed E-state index contributed by atoms with van der Waals surface area (Å²) in [6.45, 7) is 2.07. The van der Waals surface area contributed by atoms with Crippen molar-refractivity contribution in [3.05, 3.63) is 75.4 Å². The lowest BCUT2D eigenvalue weighted by atomic mass is 9.98. The molecule has 1 aliphatic heterocycles. The van der Waals surface area contributed by atoms with Crippen molar-refractivity contribution in [1.82, 2.24) is 4.90 Å². The number of aliphatic hydroxyl groups excluding tert-OH is 1. The number of hydrogen-bond donors (Lipinski definition) is 1. The van der Waals surface area contributed by atoms with Crippen LogP contribution in [0, 0.1) is 5.82 Å². The van der Waals surface area contributed by atoms with Gasteiger partial charge in [-0.15, -0.1) is 0 Å². The Balaban J connectivity index is 1.97. The summed E-state index contributed by atoms with van der Waals surface area (Å²) in [5.41, 5.74) is 0.474. The number of ether oxygens (including phenoxy) is 1. The van der Waals surface area contributed by atoms with Gasteiger partial charge in [0, 0.05) is 6.54 Å². The maximum absolute atomic E-state index is 13.7. The fraction of sp³-hybridized carbons (Fsp3) is 0.238.